The Hall–Kier alpha value is -0.920. The Morgan fingerprint density at radius 3 is 3.12 bits per heavy atom. The van der Waals surface area contributed by atoms with Crippen molar-refractivity contribution in [3.05, 3.63) is 16.6 Å². The molecule has 1 aromatic rings. The molecular weight excluding hydrogens is 220 g/mol. The number of aromatic nitrogens is 1. The molecule has 1 aromatic heterocycles. The van der Waals surface area contributed by atoms with Gasteiger partial charge in [0.2, 0.25) is 0 Å². The topological polar surface area (TPSA) is 56.9 Å². The third-order valence-electron chi connectivity index (χ3n) is 3.50. The van der Waals surface area contributed by atoms with Gasteiger partial charge in [-0.2, -0.15) is 5.26 Å². The van der Waals surface area contributed by atoms with Gasteiger partial charge >= 0.3 is 0 Å². The number of thiazole rings is 1. The van der Waals surface area contributed by atoms with Crippen LogP contribution in [0.3, 0.4) is 0 Å². The SMILES string of the molecule is CC1CCCC(C#N)(C(O)c2cncs2)C1. The Morgan fingerprint density at radius 1 is 1.75 bits per heavy atom. The van der Waals surface area contributed by atoms with E-state index in [0.29, 0.717) is 5.92 Å². The number of aliphatic hydroxyl groups excluding tert-OH is 1. The lowest BCUT2D eigenvalue weighted by Gasteiger charge is -2.37. The van der Waals surface area contributed by atoms with Crippen molar-refractivity contribution in [3.8, 4) is 6.07 Å². The summed E-state index contributed by atoms with van der Waals surface area (Å²) in [5.74, 6) is 0.524. The van der Waals surface area contributed by atoms with Gasteiger partial charge in [0.25, 0.3) is 0 Å². The fraction of sp³-hybridized carbons (Fsp3) is 0.667. The first-order chi connectivity index (χ1) is 7.68. The monoisotopic (exact) mass is 236 g/mol. The van der Waals surface area contributed by atoms with Crippen molar-refractivity contribution >= 4 is 11.3 Å². The van der Waals surface area contributed by atoms with Gasteiger partial charge in [-0.3, -0.25) is 4.98 Å². The summed E-state index contributed by atoms with van der Waals surface area (Å²) in [6, 6.07) is 2.36. The highest BCUT2D eigenvalue weighted by atomic mass is 32.1. The van der Waals surface area contributed by atoms with E-state index in [0.717, 1.165) is 24.1 Å². The second-order valence-corrected chi connectivity index (χ2v) is 5.69. The van der Waals surface area contributed by atoms with Crippen LogP contribution in [-0.2, 0) is 0 Å². The lowest BCUT2D eigenvalue weighted by atomic mass is 9.67. The third-order valence-corrected chi connectivity index (χ3v) is 4.33. The standard InChI is InChI=1S/C12H16N2OS/c1-9-3-2-4-12(5-9,7-13)11(15)10-6-14-8-16-10/h6,8-9,11,15H,2-5H2,1H3. The van der Waals surface area contributed by atoms with Gasteiger partial charge in [-0.1, -0.05) is 19.8 Å². The molecule has 1 saturated carbocycles. The van der Waals surface area contributed by atoms with Crippen molar-refractivity contribution < 1.29 is 5.11 Å². The molecule has 0 amide bonds. The smallest absolute Gasteiger partial charge is 0.108 e. The molecule has 1 aliphatic rings. The molecule has 86 valence electrons. The van der Waals surface area contributed by atoms with Gasteiger partial charge < -0.3 is 5.11 Å². The van der Waals surface area contributed by atoms with Crippen LogP contribution in [0.1, 0.15) is 43.6 Å². The summed E-state index contributed by atoms with van der Waals surface area (Å²) in [6.45, 7) is 2.16. The molecular formula is C12H16N2OS. The lowest BCUT2D eigenvalue weighted by molar-refractivity contribution is 0.0243. The molecule has 0 saturated heterocycles. The third kappa shape index (κ3) is 1.98. The van der Waals surface area contributed by atoms with Crippen LogP contribution >= 0.6 is 11.3 Å². The van der Waals surface area contributed by atoms with E-state index >= 15 is 0 Å². The van der Waals surface area contributed by atoms with Crippen LogP contribution in [0.25, 0.3) is 0 Å². The first-order valence-electron chi connectivity index (χ1n) is 5.66. The van der Waals surface area contributed by atoms with E-state index in [9.17, 15) is 10.4 Å². The normalized spacial score (nSPS) is 31.9. The van der Waals surface area contributed by atoms with Crippen LogP contribution in [0, 0.1) is 22.7 Å². The van der Waals surface area contributed by atoms with Crippen molar-refractivity contribution in [3.63, 3.8) is 0 Å². The highest BCUT2D eigenvalue weighted by Crippen LogP contribution is 2.48. The lowest BCUT2D eigenvalue weighted by Crippen LogP contribution is -2.32. The molecule has 0 spiro atoms. The van der Waals surface area contributed by atoms with E-state index in [2.05, 4.69) is 18.0 Å². The summed E-state index contributed by atoms with van der Waals surface area (Å²) in [5, 5.41) is 19.8. The minimum atomic E-state index is -0.673. The molecule has 0 aromatic carbocycles. The van der Waals surface area contributed by atoms with Gasteiger partial charge in [0.05, 0.1) is 21.9 Å². The maximum atomic E-state index is 10.4. The van der Waals surface area contributed by atoms with Crippen LogP contribution in [0.2, 0.25) is 0 Å². The van der Waals surface area contributed by atoms with Crippen LogP contribution in [0.15, 0.2) is 11.7 Å². The van der Waals surface area contributed by atoms with E-state index < -0.39 is 11.5 Å². The molecule has 3 nitrogen and oxygen atoms in total. The summed E-state index contributed by atoms with van der Waals surface area (Å²) in [5.41, 5.74) is 1.11. The van der Waals surface area contributed by atoms with E-state index in [-0.39, 0.29) is 0 Å². The van der Waals surface area contributed by atoms with E-state index in [4.69, 9.17) is 0 Å². The zero-order valence-electron chi connectivity index (χ0n) is 9.39. The number of aliphatic hydroxyl groups is 1. The average molecular weight is 236 g/mol. The Morgan fingerprint density at radius 2 is 2.56 bits per heavy atom. The van der Waals surface area contributed by atoms with Gasteiger partial charge in [0, 0.05) is 6.20 Å². The van der Waals surface area contributed by atoms with Crippen molar-refractivity contribution in [1.29, 1.82) is 5.26 Å². The van der Waals surface area contributed by atoms with Gasteiger partial charge in [-0.15, -0.1) is 11.3 Å². The predicted octanol–water partition coefficient (Wildman–Crippen LogP) is 2.90. The molecule has 16 heavy (non-hydrogen) atoms. The second kappa shape index (κ2) is 4.52. The van der Waals surface area contributed by atoms with E-state index in [1.54, 1.807) is 11.7 Å². The minimum Gasteiger partial charge on any atom is -0.386 e. The Balaban J connectivity index is 2.24. The zero-order chi connectivity index (χ0) is 11.6. The molecule has 2 rings (SSSR count). The highest BCUT2D eigenvalue weighted by molar-refractivity contribution is 7.09. The molecule has 1 aliphatic carbocycles. The molecule has 0 bridgehead atoms. The van der Waals surface area contributed by atoms with Crippen LogP contribution in [-0.4, -0.2) is 10.1 Å². The first-order valence-corrected chi connectivity index (χ1v) is 6.53. The highest BCUT2D eigenvalue weighted by Gasteiger charge is 2.42. The predicted molar refractivity (Wildman–Crippen MR) is 62.8 cm³/mol. The van der Waals surface area contributed by atoms with Crippen LogP contribution in [0.5, 0.6) is 0 Å². The quantitative estimate of drug-likeness (QED) is 0.859. The summed E-state index contributed by atoms with van der Waals surface area (Å²) in [6.07, 6.45) is 4.79. The zero-order valence-corrected chi connectivity index (χ0v) is 10.2. The van der Waals surface area contributed by atoms with Crippen molar-refractivity contribution in [2.75, 3.05) is 0 Å². The number of nitriles is 1. The molecule has 1 N–H and O–H groups in total. The van der Waals surface area contributed by atoms with Crippen LogP contribution < -0.4 is 0 Å². The number of rotatable bonds is 2. The van der Waals surface area contributed by atoms with Crippen LogP contribution in [0.4, 0.5) is 0 Å². The maximum absolute atomic E-state index is 10.4. The Bertz CT molecular complexity index is 384. The molecule has 3 atom stereocenters. The molecule has 1 heterocycles. The largest absolute Gasteiger partial charge is 0.386 e. The fourth-order valence-electron chi connectivity index (χ4n) is 2.64. The Kier molecular flexibility index (Phi) is 3.27. The molecule has 1 fully saturated rings. The van der Waals surface area contributed by atoms with Gasteiger partial charge in [-0.05, 0) is 18.8 Å². The summed E-state index contributed by atoms with van der Waals surface area (Å²) in [4.78, 5) is 4.79. The summed E-state index contributed by atoms with van der Waals surface area (Å²) >= 11 is 1.43. The van der Waals surface area contributed by atoms with Gasteiger partial charge in [0.15, 0.2) is 0 Å². The van der Waals surface area contributed by atoms with Crippen molar-refractivity contribution in [2.24, 2.45) is 11.3 Å². The minimum absolute atomic E-state index is 0.524. The van der Waals surface area contributed by atoms with Crippen molar-refractivity contribution in [2.45, 2.75) is 38.7 Å². The average Bonchev–Trinajstić information content (AvgIpc) is 2.81. The fourth-order valence-corrected chi connectivity index (χ4v) is 3.36. The first kappa shape index (κ1) is 11.6. The summed E-state index contributed by atoms with van der Waals surface area (Å²) < 4.78 is 0. The van der Waals surface area contributed by atoms with Gasteiger partial charge in [-0.25, -0.2) is 0 Å². The number of nitrogens with zero attached hydrogens (tertiary/aromatic N) is 2. The molecule has 0 aliphatic heterocycles. The Labute approximate surface area is 99.8 Å². The van der Waals surface area contributed by atoms with E-state index in [1.807, 2.05) is 0 Å². The summed E-state index contributed by atoms with van der Waals surface area (Å²) in [7, 11) is 0. The van der Waals surface area contributed by atoms with Crippen molar-refractivity contribution in [1.82, 2.24) is 4.98 Å². The maximum Gasteiger partial charge on any atom is 0.108 e. The second-order valence-electron chi connectivity index (χ2n) is 4.78. The molecule has 4 heteroatoms. The number of hydrogen-bond acceptors (Lipinski definition) is 4. The van der Waals surface area contributed by atoms with E-state index in [1.165, 1.54) is 17.8 Å². The molecule has 0 radical (unpaired) electrons. The van der Waals surface area contributed by atoms with Gasteiger partial charge in [0.1, 0.15) is 6.10 Å². The number of hydrogen-bond donors (Lipinski definition) is 1. The molecule has 3 unspecified atom stereocenters.